The van der Waals surface area contributed by atoms with Crippen LogP contribution in [0.15, 0.2) is 0 Å². The normalized spacial score (nSPS) is 16.0. The summed E-state index contributed by atoms with van der Waals surface area (Å²) in [6.45, 7) is 8.62. The highest BCUT2D eigenvalue weighted by Crippen LogP contribution is 2.56. The van der Waals surface area contributed by atoms with Gasteiger partial charge in [0.25, 0.3) is 0 Å². The molecule has 0 aliphatic rings. The highest BCUT2D eigenvalue weighted by Gasteiger charge is 2.80. The van der Waals surface area contributed by atoms with Gasteiger partial charge in [-0.2, -0.15) is 39.5 Å². The van der Waals surface area contributed by atoms with Crippen molar-refractivity contribution in [1.29, 1.82) is 0 Å². The summed E-state index contributed by atoms with van der Waals surface area (Å²) in [5.41, 5.74) is 11.0. The Bertz CT molecular complexity index is 689. The molecule has 0 aromatic heterocycles. The number of hydrogen-bond donors (Lipinski definition) is 2. The summed E-state index contributed by atoms with van der Waals surface area (Å²) >= 11 is 0. The molecular weight excluding hydrogens is 581 g/mol. The summed E-state index contributed by atoms with van der Waals surface area (Å²) < 4.78 is 161. The molecule has 224 valence electrons. The van der Waals surface area contributed by atoms with E-state index in [1.54, 1.807) is 26.2 Å². The zero-order chi connectivity index (χ0) is 29.7. The molecule has 0 aliphatic heterocycles. The van der Waals surface area contributed by atoms with E-state index in [9.17, 15) is 48.3 Å². The van der Waals surface area contributed by atoms with Crippen molar-refractivity contribution in [3.63, 3.8) is 0 Å². The highest BCUT2D eigenvalue weighted by molar-refractivity contribution is 6.88. The molecule has 0 saturated heterocycles. The number of rotatable bonds is 17. The van der Waals surface area contributed by atoms with Gasteiger partial charge in [0.05, 0.1) is 0 Å². The molecule has 0 rings (SSSR count). The van der Waals surface area contributed by atoms with Crippen LogP contribution in [0.25, 0.3) is 0 Å². The van der Waals surface area contributed by atoms with E-state index in [1.165, 1.54) is 6.55 Å². The number of halogens is 11. The van der Waals surface area contributed by atoms with Crippen molar-refractivity contribution in [2.24, 2.45) is 17.4 Å². The first-order valence-corrected chi connectivity index (χ1v) is 20.4. The fraction of sp³-hybridized carbons (Fsp3) is 1.00. The van der Waals surface area contributed by atoms with Gasteiger partial charge in [0.2, 0.25) is 0 Å². The van der Waals surface area contributed by atoms with Crippen molar-refractivity contribution in [3.05, 3.63) is 0 Å². The van der Waals surface area contributed by atoms with E-state index in [0.29, 0.717) is 24.9 Å². The first kappa shape index (κ1) is 36.7. The summed E-state index contributed by atoms with van der Waals surface area (Å²) in [5, 5.41) is 0. The van der Waals surface area contributed by atoms with Crippen molar-refractivity contribution in [2.75, 3.05) is 13.1 Å². The van der Waals surface area contributed by atoms with Crippen LogP contribution in [-0.2, 0) is 8.23 Å². The Hall–Kier alpha value is -0.279. The molecule has 4 N–H and O–H groups in total. The summed E-state index contributed by atoms with van der Waals surface area (Å²) in [7, 11) is -9.28. The quantitative estimate of drug-likeness (QED) is 0.137. The molecule has 0 aromatic rings. The maximum atomic E-state index is 14.4. The van der Waals surface area contributed by atoms with Gasteiger partial charge in [-0.05, 0) is 83.2 Å². The van der Waals surface area contributed by atoms with Crippen LogP contribution in [0.4, 0.5) is 48.3 Å². The fourth-order valence-electron chi connectivity index (χ4n) is 3.98. The highest BCUT2D eigenvalue weighted by atomic mass is 28.5. The Balaban J connectivity index is 6.36. The van der Waals surface area contributed by atoms with Crippen LogP contribution in [0.1, 0.15) is 19.3 Å². The zero-order valence-electron chi connectivity index (χ0n) is 21.4. The lowest BCUT2D eigenvalue weighted by atomic mass is 9.89. The van der Waals surface area contributed by atoms with Crippen molar-refractivity contribution in [1.82, 2.24) is 0 Å². The Morgan fingerprint density at radius 2 is 1.03 bits per heavy atom. The van der Waals surface area contributed by atoms with Crippen LogP contribution in [0.5, 0.6) is 0 Å². The predicted molar refractivity (Wildman–Crippen MR) is 126 cm³/mol. The van der Waals surface area contributed by atoms with E-state index in [2.05, 4.69) is 0 Å². The van der Waals surface area contributed by atoms with Gasteiger partial charge in [-0.25, -0.2) is 8.78 Å². The second-order valence-corrected chi connectivity index (χ2v) is 22.8. The molecule has 0 spiro atoms. The molecule has 0 fully saturated rings. The van der Waals surface area contributed by atoms with Gasteiger partial charge < -0.3 is 19.7 Å². The Kier molecular flexibility index (Phi) is 12.8. The Morgan fingerprint density at radius 3 is 1.32 bits per heavy atom. The zero-order valence-corrected chi connectivity index (χ0v) is 24.4. The van der Waals surface area contributed by atoms with Crippen molar-refractivity contribution >= 4 is 25.2 Å². The molecule has 0 aromatic carbocycles. The van der Waals surface area contributed by atoms with Gasteiger partial charge in [0.1, 0.15) is 5.92 Å². The number of alkyl halides is 11. The second-order valence-electron chi connectivity index (χ2n) is 10.4. The van der Waals surface area contributed by atoms with Gasteiger partial charge in [0, 0.05) is 0 Å². The maximum Gasteiger partial charge on any atom is 0.397 e. The molecule has 1 atom stereocenters. The maximum absolute atomic E-state index is 14.4. The number of hydrogen-bond acceptors (Lipinski definition) is 4. The van der Waals surface area contributed by atoms with E-state index < -0.39 is 73.9 Å². The molecule has 0 aliphatic carbocycles. The minimum atomic E-state index is -6.99. The van der Waals surface area contributed by atoms with Gasteiger partial charge >= 0.3 is 38.9 Å². The molecular formula is C19H37F11N2O2Si3. The van der Waals surface area contributed by atoms with E-state index in [1.807, 2.05) is 0 Å². The van der Waals surface area contributed by atoms with Crippen molar-refractivity contribution in [3.8, 4) is 0 Å². The van der Waals surface area contributed by atoms with Gasteiger partial charge in [0.15, 0.2) is 16.6 Å². The summed E-state index contributed by atoms with van der Waals surface area (Å²) in [4.78, 5) is 0. The van der Waals surface area contributed by atoms with Crippen LogP contribution in [-0.4, -0.2) is 68.7 Å². The molecule has 0 heterocycles. The molecule has 4 nitrogen and oxygen atoms in total. The Labute approximate surface area is 213 Å². The van der Waals surface area contributed by atoms with E-state index in [0.717, 1.165) is 0 Å². The lowest BCUT2D eigenvalue weighted by Gasteiger charge is -2.42. The topological polar surface area (TPSA) is 70.5 Å². The monoisotopic (exact) mass is 618 g/mol. The Morgan fingerprint density at radius 1 is 0.649 bits per heavy atom. The molecule has 0 amide bonds. The molecule has 18 heteroatoms. The smallest absolute Gasteiger partial charge is 0.397 e. The molecule has 37 heavy (non-hydrogen) atoms. The standard InChI is InChI=1S/C19H37F11N2O2Si3/c1-35(2,11-6-9-31)33-37(5,34-36(3,4)12-7-10-32)13-8-14(18(26,27)28)16(22,23)19(29,30)17(24,25)15(20)21/h14-15H,6-13,31-32H2,1-5H3. The van der Waals surface area contributed by atoms with Crippen LogP contribution < -0.4 is 11.5 Å². The minimum Gasteiger partial charge on any atom is -0.436 e. The average molecular weight is 619 g/mol. The molecule has 0 saturated carbocycles. The van der Waals surface area contributed by atoms with E-state index in [-0.39, 0.29) is 13.1 Å². The molecule has 1 unspecified atom stereocenters. The molecule has 0 radical (unpaired) electrons. The SMILES string of the molecule is C[Si](C)(CCCN)O[Si](C)(CCC(C(F)(F)F)C(F)(F)C(F)(F)C(F)(F)C(F)F)O[Si](C)(C)CCCN. The predicted octanol–water partition coefficient (Wildman–Crippen LogP) is 6.94. The summed E-state index contributed by atoms with van der Waals surface area (Å²) in [5.74, 6) is -24.6. The minimum absolute atomic E-state index is 0.269. The van der Waals surface area contributed by atoms with Crippen molar-refractivity contribution < 1.29 is 56.5 Å². The third-order valence-electron chi connectivity index (χ3n) is 5.78. The average Bonchev–Trinajstić information content (AvgIpc) is 2.68. The van der Waals surface area contributed by atoms with Crippen LogP contribution in [0.3, 0.4) is 0 Å². The lowest BCUT2D eigenvalue weighted by molar-refractivity contribution is -0.374. The lowest BCUT2D eigenvalue weighted by Crippen LogP contribution is -2.63. The molecule has 0 bridgehead atoms. The second kappa shape index (κ2) is 12.9. The van der Waals surface area contributed by atoms with Gasteiger partial charge in [-0.1, -0.05) is 0 Å². The van der Waals surface area contributed by atoms with Crippen LogP contribution >= 0.6 is 0 Å². The van der Waals surface area contributed by atoms with Gasteiger partial charge in [-0.3, -0.25) is 0 Å². The van der Waals surface area contributed by atoms with Crippen molar-refractivity contribution in [2.45, 2.75) is 100 Å². The van der Waals surface area contributed by atoms with Crippen LogP contribution in [0, 0.1) is 5.92 Å². The first-order chi connectivity index (χ1) is 16.3. The summed E-state index contributed by atoms with van der Waals surface area (Å²) in [6, 6.07) is -0.0588. The van der Waals surface area contributed by atoms with E-state index in [4.69, 9.17) is 19.7 Å². The van der Waals surface area contributed by atoms with E-state index >= 15 is 0 Å². The fourth-order valence-corrected chi connectivity index (χ4v) is 18.4. The third-order valence-corrected chi connectivity index (χ3v) is 18.0. The van der Waals surface area contributed by atoms with Gasteiger partial charge in [-0.15, -0.1) is 0 Å². The summed E-state index contributed by atoms with van der Waals surface area (Å²) in [6.07, 6.45) is -12.3. The third kappa shape index (κ3) is 10.0. The first-order valence-electron chi connectivity index (χ1n) is 11.6. The van der Waals surface area contributed by atoms with Crippen LogP contribution in [0.2, 0.25) is 50.9 Å². The number of nitrogens with two attached hydrogens (primary N) is 2. The largest absolute Gasteiger partial charge is 0.436 e.